The van der Waals surface area contributed by atoms with Crippen LogP contribution in [0.1, 0.15) is 54.8 Å². The summed E-state index contributed by atoms with van der Waals surface area (Å²) in [5.74, 6) is -2.00. The first kappa shape index (κ1) is 26.9. The highest BCUT2D eigenvalue weighted by Crippen LogP contribution is 2.31. The third-order valence-corrected chi connectivity index (χ3v) is 8.86. The molecule has 4 rings (SSSR count). The number of aliphatic carboxylic acids is 1. The van der Waals surface area contributed by atoms with E-state index in [4.69, 9.17) is 23.2 Å². The molecule has 194 valence electrons. The monoisotopic (exact) mass is 553 g/mol. The van der Waals surface area contributed by atoms with Crippen LogP contribution >= 0.6 is 23.2 Å². The quantitative estimate of drug-likeness (QED) is 0.433. The van der Waals surface area contributed by atoms with Crippen molar-refractivity contribution in [2.75, 3.05) is 13.1 Å². The molecular formula is C25H29Cl2N3O5S. The van der Waals surface area contributed by atoms with Crippen molar-refractivity contribution in [1.82, 2.24) is 14.9 Å². The fourth-order valence-electron chi connectivity index (χ4n) is 4.83. The molecule has 1 heterocycles. The number of benzene rings is 2. The molecule has 8 nitrogen and oxygen atoms in total. The Hall–Kier alpha value is -2.17. The van der Waals surface area contributed by atoms with Crippen LogP contribution < -0.4 is 10.0 Å². The summed E-state index contributed by atoms with van der Waals surface area (Å²) in [6.07, 6.45) is 4.49. The number of rotatable bonds is 9. The van der Waals surface area contributed by atoms with Crippen LogP contribution in [-0.4, -0.2) is 49.4 Å². The molecule has 11 heteroatoms. The number of halogens is 2. The second-order valence-corrected chi connectivity index (χ2v) is 11.8. The summed E-state index contributed by atoms with van der Waals surface area (Å²) < 4.78 is 27.5. The number of likely N-dealkylation sites (tertiary alicyclic amines) is 1. The molecule has 0 spiro atoms. The topological polar surface area (TPSA) is 116 Å². The Morgan fingerprint density at radius 2 is 1.81 bits per heavy atom. The summed E-state index contributed by atoms with van der Waals surface area (Å²) in [5.41, 5.74) is 3.48. The minimum Gasteiger partial charge on any atom is -0.480 e. The first-order chi connectivity index (χ1) is 17.1. The molecule has 0 aromatic heterocycles. The smallest absolute Gasteiger partial charge is 0.322 e. The predicted molar refractivity (Wildman–Crippen MR) is 138 cm³/mol. The van der Waals surface area contributed by atoms with Gasteiger partial charge in [0.1, 0.15) is 6.04 Å². The van der Waals surface area contributed by atoms with E-state index in [9.17, 15) is 23.1 Å². The molecule has 1 amide bonds. The number of aryl methyl sites for hydroxylation is 1. The van der Waals surface area contributed by atoms with E-state index in [-0.39, 0.29) is 21.0 Å². The largest absolute Gasteiger partial charge is 0.480 e. The number of nitrogens with zero attached hydrogens (tertiary/aromatic N) is 1. The first-order valence-electron chi connectivity index (χ1n) is 12.0. The lowest BCUT2D eigenvalue weighted by molar-refractivity contribution is -0.141. The fourth-order valence-corrected chi connectivity index (χ4v) is 6.41. The highest BCUT2D eigenvalue weighted by atomic mass is 35.5. The summed E-state index contributed by atoms with van der Waals surface area (Å²) in [6.45, 7) is 3.16. The maximum absolute atomic E-state index is 12.8. The number of carboxylic acid groups (broad SMARTS) is 1. The van der Waals surface area contributed by atoms with E-state index in [1.54, 1.807) is 0 Å². The molecule has 0 bridgehead atoms. The van der Waals surface area contributed by atoms with Crippen molar-refractivity contribution < 1.29 is 23.1 Å². The zero-order valence-corrected chi connectivity index (χ0v) is 22.0. The molecule has 2 aromatic rings. The van der Waals surface area contributed by atoms with E-state index in [1.807, 2.05) is 6.07 Å². The number of hydrogen-bond donors (Lipinski definition) is 3. The van der Waals surface area contributed by atoms with Crippen LogP contribution in [0.15, 0.2) is 41.3 Å². The molecule has 3 N–H and O–H groups in total. The molecule has 2 aromatic carbocycles. The van der Waals surface area contributed by atoms with E-state index in [0.717, 1.165) is 50.5 Å². The van der Waals surface area contributed by atoms with Crippen LogP contribution in [0.4, 0.5) is 0 Å². The van der Waals surface area contributed by atoms with Crippen molar-refractivity contribution in [3.63, 3.8) is 0 Å². The summed E-state index contributed by atoms with van der Waals surface area (Å²) in [7, 11) is -4.24. The van der Waals surface area contributed by atoms with Crippen LogP contribution in [-0.2, 0) is 32.6 Å². The summed E-state index contributed by atoms with van der Waals surface area (Å²) in [4.78, 5) is 26.8. The number of hydrogen-bond acceptors (Lipinski definition) is 5. The summed E-state index contributed by atoms with van der Waals surface area (Å²) in [6, 6.07) is 8.10. The van der Waals surface area contributed by atoms with Gasteiger partial charge in [-0.15, -0.1) is 0 Å². The lowest BCUT2D eigenvalue weighted by Crippen LogP contribution is -2.44. The van der Waals surface area contributed by atoms with Gasteiger partial charge in [0.05, 0.1) is 27.4 Å². The van der Waals surface area contributed by atoms with Gasteiger partial charge in [-0.25, -0.2) is 8.42 Å². The zero-order valence-electron chi connectivity index (χ0n) is 19.7. The highest BCUT2D eigenvalue weighted by Gasteiger charge is 2.30. The van der Waals surface area contributed by atoms with Gasteiger partial charge >= 0.3 is 5.97 Å². The average Bonchev–Trinajstić information content (AvgIpc) is 3.33. The Balaban J connectivity index is 1.41. The van der Waals surface area contributed by atoms with E-state index < -0.39 is 34.4 Å². The second-order valence-electron chi connectivity index (χ2n) is 9.32. The Morgan fingerprint density at radius 3 is 2.50 bits per heavy atom. The minimum atomic E-state index is -4.24. The number of nitrogens with one attached hydrogen (secondary N) is 2. The summed E-state index contributed by atoms with van der Waals surface area (Å²) >= 11 is 11.7. The van der Waals surface area contributed by atoms with Gasteiger partial charge in [-0.3, -0.25) is 14.5 Å². The van der Waals surface area contributed by atoms with Gasteiger partial charge in [0.15, 0.2) is 0 Å². The van der Waals surface area contributed by atoms with Crippen LogP contribution in [0.25, 0.3) is 0 Å². The Labute approximate surface area is 221 Å². The van der Waals surface area contributed by atoms with Crippen LogP contribution in [0, 0.1) is 0 Å². The average molecular weight is 554 g/mol. The molecule has 2 unspecified atom stereocenters. The highest BCUT2D eigenvalue weighted by molar-refractivity contribution is 7.89. The first-order valence-corrected chi connectivity index (χ1v) is 14.2. The van der Waals surface area contributed by atoms with Crippen LogP contribution in [0.5, 0.6) is 0 Å². The van der Waals surface area contributed by atoms with Crippen molar-refractivity contribution in [1.29, 1.82) is 0 Å². The number of carbonyl (C=O) groups is 2. The maximum Gasteiger partial charge on any atom is 0.322 e. The molecule has 0 saturated carbocycles. The minimum absolute atomic E-state index is 0.0173. The number of amides is 1. The molecule has 1 saturated heterocycles. The standard InChI is InChI=1S/C25H29Cl2N3O5S/c26-20-9-7-18(13-21(20)27)36(34,35)29-23(25(32)33)14-24(31)28-22-5-3-4-17-12-16(6-8-19(17)22)15-30-10-1-2-11-30/h6-9,12-13,22-23,29H,1-5,10-11,14-15H2,(H,28,31)(H,32,33). The molecule has 0 radical (unpaired) electrons. The normalized spacial score (nSPS) is 19.0. The van der Waals surface area contributed by atoms with Gasteiger partial charge in [-0.05, 0) is 80.1 Å². The number of fused-ring (bicyclic) bond motifs is 1. The Kier molecular flexibility index (Phi) is 8.57. The fraction of sp³-hybridized carbons (Fsp3) is 0.440. The molecule has 2 atom stereocenters. The van der Waals surface area contributed by atoms with Gasteiger partial charge < -0.3 is 10.4 Å². The van der Waals surface area contributed by atoms with Gasteiger partial charge in [0, 0.05) is 6.54 Å². The lowest BCUT2D eigenvalue weighted by atomic mass is 9.86. The van der Waals surface area contributed by atoms with Crippen molar-refractivity contribution in [3.8, 4) is 0 Å². The van der Waals surface area contributed by atoms with Gasteiger partial charge in [-0.2, -0.15) is 4.72 Å². The number of sulfonamides is 1. The molecule has 1 aliphatic carbocycles. The van der Waals surface area contributed by atoms with Crippen molar-refractivity contribution in [2.24, 2.45) is 0 Å². The maximum atomic E-state index is 12.8. The Bertz CT molecular complexity index is 1250. The molecular weight excluding hydrogens is 525 g/mol. The van der Waals surface area contributed by atoms with Gasteiger partial charge in [-0.1, -0.05) is 41.4 Å². The van der Waals surface area contributed by atoms with Gasteiger partial charge in [0.2, 0.25) is 15.9 Å². The number of carboxylic acids is 1. The number of carbonyl (C=O) groups excluding carboxylic acids is 1. The van der Waals surface area contributed by atoms with E-state index >= 15 is 0 Å². The molecule has 36 heavy (non-hydrogen) atoms. The van der Waals surface area contributed by atoms with Gasteiger partial charge in [0.25, 0.3) is 0 Å². The van der Waals surface area contributed by atoms with Crippen LogP contribution in [0.2, 0.25) is 10.0 Å². The lowest BCUT2D eigenvalue weighted by Gasteiger charge is -2.28. The molecule has 1 aliphatic heterocycles. The van der Waals surface area contributed by atoms with E-state index in [1.165, 1.54) is 36.1 Å². The second kappa shape index (κ2) is 11.5. The molecule has 2 aliphatic rings. The van der Waals surface area contributed by atoms with E-state index in [2.05, 4.69) is 27.1 Å². The summed E-state index contributed by atoms with van der Waals surface area (Å²) in [5, 5.41) is 12.7. The van der Waals surface area contributed by atoms with E-state index in [0.29, 0.717) is 0 Å². The van der Waals surface area contributed by atoms with Crippen LogP contribution in [0.3, 0.4) is 0 Å². The third kappa shape index (κ3) is 6.58. The Morgan fingerprint density at radius 1 is 1.06 bits per heavy atom. The third-order valence-electron chi connectivity index (χ3n) is 6.65. The van der Waals surface area contributed by atoms with Crippen molar-refractivity contribution in [2.45, 2.75) is 62.0 Å². The molecule has 1 fully saturated rings. The zero-order chi connectivity index (χ0) is 25.9. The van der Waals surface area contributed by atoms with Crippen molar-refractivity contribution in [3.05, 3.63) is 63.1 Å². The SMILES string of the molecule is O=C(CC(NS(=O)(=O)c1ccc(Cl)c(Cl)c1)C(=O)O)NC1CCCc2cc(CN3CCCC3)ccc21. The predicted octanol–water partition coefficient (Wildman–Crippen LogP) is 3.90. The van der Waals surface area contributed by atoms with Crippen molar-refractivity contribution >= 4 is 45.1 Å².